The van der Waals surface area contributed by atoms with E-state index in [0.29, 0.717) is 54.6 Å². The van der Waals surface area contributed by atoms with Gasteiger partial charge in [0.05, 0.1) is 18.0 Å². The molecule has 146 valence electrons. The van der Waals surface area contributed by atoms with Gasteiger partial charge >= 0.3 is 6.03 Å². The van der Waals surface area contributed by atoms with Crippen LogP contribution in [0, 0.1) is 5.92 Å². The summed E-state index contributed by atoms with van der Waals surface area (Å²) in [5, 5.41) is 3.56. The van der Waals surface area contributed by atoms with Crippen molar-refractivity contribution in [3.63, 3.8) is 0 Å². The molecule has 2 aliphatic heterocycles. The minimum atomic E-state index is -0.167. The van der Waals surface area contributed by atoms with Crippen LogP contribution in [0.15, 0.2) is 36.5 Å². The average molecular weight is 400 g/mol. The number of nitrogens with one attached hydrogen (secondary N) is 1. The van der Waals surface area contributed by atoms with Crippen molar-refractivity contribution < 1.29 is 14.3 Å². The molecule has 0 aliphatic carbocycles. The van der Waals surface area contributed by atoms with Crippen LogP contribution in [0.25, 0.3) is 0 Å². The first-order valence-electron chi connectivity index (χ1n) is 9.58. The molecule has 0 unspecified atom stereocenters. The van der Waals surface area contributed by atoms with Crippen molar-refractivity contribution in [1.29, 1.82) is 0 Å². The second-order valence-electron chi connectivity index (χ2n) is 7.15. The smallest absolute Gasteiger partial charge is 0.321 e. The number of aromatic nitrogens is 1. The van der Waals surface area contributed by atoms with Crippen LogP contribution in [0.4, 0.5) is 10.5 Å². The number of likely N-dealkylation sites (tertiary alicyclic amines) is 1. The Bertz CT molecular complexity index is 877. The quantitative estimate of drug-likeness (QED) is 0.785. The lowest BCUT2D eigenvalue weighted by Crippen LogP contribution is -2.42. The number of fused-ring (bicyclic) bond motifs is 1. The van der Waals surface area contributed by atoms with Gasteiger partial charge < -0.3 is 15.0 Å². The summed E-state index contributed by atoms with van der Waals surface area (Å²) in [5.74, 6) is 0.727. The van der Waals surface area contributed by atoms with Crippen molar-refractivity contribution in [1.82, 2.24) is 9.88 Å². The Morgan fingerprint density at radius 1 is 1.14 bits per heavy atom. The fraction of sp³-hybridized carbons (Fsp3) is 0.381. The summed E-state index contributed by atoms with van der Waals surface area (Å²) in [6.45, 7) is 1.73. The number of carbonyl (C=O) groups excluding carboxylic acids is 2. The van der Waals surface area contributed by atoms with Crippen molar-refractivity contribution in [3.05, 3.63) is 52.8 Å². The van der Waals surface area contributed by atoms with E-state index in [1.165, 1.54) is 0 Å². The SMILES string of the molecule is O=C(c1ccc(Cl)cc1)C1CCN(C(=O)Nc2ccnc3c2OCCC3)CC1. The van der Waals surface area contributed by atoms with Crippen LogP contribution < -0.4 is 10.1 Å². The third kappa shape index (κ3) is 3.97. The van der Waals surface area contributed by atoms with Crippen LogP contribution in [0.1, 0.15) is 35.3 Å². The first-order chi connectivity index (χ1) is 13.6. The molecule has 2 amide bonds. The lowest BCUT2D eigenvalue weighted by molar-refractivity contribution is 0.0859. The normalized spacial score (nSPS) is 16.8. The van der Waals surface area contributed by atoms with E-state index in [1.807, 2.05) is 0 Å². The molecule has 0 bridgehead atoms. The fourth-order valence-corrected chi connectivity index (χ4v) is 3.86. The number of nitrogens with zero attached hydrogens (tertiary/aromatic N) is 2. The number of urea groups is 1. The number of pyridine rings is 1. The van der Waals surface area contributed by atoms with E-state index >= 15 is 0 Å². The molecule has 0 atom stereocenters. The largest absolute Gasteiger partial charge is 0.489 e. The molecule has 1 saturated heterocycles. The molecule has 1 fully saturated rings. The third-order valence-electron chi connectivity index (χ3n) is 5.31. The molecule has 6 nitrogen and oxygen atoms in total. The number of aryl methyl sites for hydroxylation is 1. The Hall–Kier alpha value is -2.60. The number of anilines is 1. The van der Waals surface area contributed by atoms with Gasteiger partial charge in [-0.1, -0.05) is 11.6 Å². The number of Topliss-reactive ketones (excluding diaryl/α,β-unsaturated/α-hetero) is 1. The molecular weight excluding hydrogens is 378 g/mol. The second-order valence-corrected chi connectivity index (χ2v) is 7.59. The number of hydrogen-bond donors (Lipinski definition) is 1. The molecule has 3 heterocycles. The maximum atomic E-state index is 12.7. The molecule has 0 saturated carbocycles. The number of ketones is 1. The summed E-state index contributed by atoms with van der Waals surface area (Å²) in [4.78, 5) is 31.4. The topological polar surface area (TPSA) is 71.5 Å². The van der Waals surface area contributed by atoms with E-state index in [1.54, 1.807) is 41.4 Å². The van der Waals surface area contributed by atoms with Gasteiger partial charge in [-0.15, -0.1) is 0 Å². The van der Waals surface area contributed by atoms with E-state index in [0.717, 1.165) is 18.5 Å². The highest BCUT2D eigenvalue weighted by Crippen LogP contribution is 2.32. The standard InChI is InChI=1S/C21H22ClN3O3/c22-16-5-3-14(4-6-16)19(26)15-8-11-25(12-9-15)21(27)24-18-7-10-23-17-2-1-13-28-20(17)18/h3-7,10,15H,1-2,8-9,11-13H2,(H,23,24,27). The number of ether oxygens (including phenoxy) is 1. The maximum Gasteiger partial charge on any atom is 0.321 e. The van der Waals surface area contributed by atoms with Gasteiger partial charge in [0.1, 0.15) is 0 Å². The molecule has 1 N–H and O–H groups in total. The Morgan fingerprint density at radius 3 is 2.64 bits per heavy atom. The number of benzene rings is 1. The summed E-state index contributed by atoms with van der Waals surface area (Å²) in [6.07, 6.45) is 4.80. The van der Waals surface area contributed by atoms with Crippen molar-refractivity contribution in [2.45, 2.75) is 25.7 Å². The number of halogens is 1. The lowest BCUT2D eigenvalue weighted by Gasteiger charge is -2.31. The zero-order chi connectivity index (χ0) is 19.5. The third-order valence-corrected chi connectivity index (χ3v) is 5.56. The van der Waals surface area contributed by atoms with Gasteiger partial charge in [-0.25, -0.2) is 4.79 Å². The van der Waals surface area contributed by atoms with Crippen molar-refractivity contribution >= 4 is 29.1 Å². The minimum absolute atomic E-state index is 0.0674. The number of hydrogen-bond acceptors (Lipinski definition) is 4. The summed E-state index contributed by atoms with van der Waals surface area (Å²) in [5.41, 5.74) is 2.22. The second kappa shape index (κ2) is 8.19. The molecular formula is C21H22ClN3O3. The Morgan fingerprint density at radius 2 is 1.89 bits per heavy atom. The fourth-order valence-electron chi connectivity index (χ4n) is 3.73. The molecule has 2 aromatic rings. The van der Waals surface area contributed by atoms with Crippen LogP contribution in [-0.4, -0.2) is 41.4 Å². The summed E-state index contributed by atoms with van der Waals surface area (Å²) < 4.78 is 5.70. The zero-order valence-corrected chi connectivity index (χ0v) is 16.2. The zero-order valence-electron chi connectivity index (χ0n) is 15.5. The van der Waals surface area contributed by atoms with E-state index in [9.17, 15) is 9.59 Å². The number of piperidine rings is 1. The first-order valence-corrected chi connectivity index (χ1v) is 9.96. The van der Waals surface area contributed by atoms with Gasteiger partial charge in [0.15, 0.2) is 11.5 Å². The van der Waals surface area contributed by atoms with Gasteiger partial charge in [-0.05, 0) is 56.0 Å². The van der Waals surface area contributed by atoms with E-state index in [2.05, 4.69) is 10.3 Å². The average Bonchev–Trinajstić information content (AvgIpc) is 2.74. The first kappa shape index (κ1) is 18.7. The Labute approximate surface area is 168 Å². The molecule has 0 spiro atoms. The highest BCUT2D eigenvalue weighted by atomic mass is 35.5. The number of amides is 2. The summed E-state index contributed by atoms with van der Waals surface area (Å²) >= 11 is 5.89. The molecule has 7 heteroatoms. The maximum absolute atomic E-state index is 12.7. The molecule has 28 heavy (non-hydrogen) atoms. The Balaban J connectivity index is 1.35. The van der Waals surface area contributed by atoms with Crippen LogP contribution >= 0.6 is 11.6 Å². The minimum Gasteiger partial charge on any atom is -0.489 e. The molecule has 0 radical (unpaired) electrons. The monoisotopic (exact) mass is 399 g/mol. The summed E-state index contributed by atoms with van der Waals surface area (Å²) in [7, 11) is 0. The van der Waals surface area contributed by atoms with Crippen molar-refractivity contribution in [2.24, 2.45) is 5.92 Å². The predicted octanol–water partition coefficient (Wildman–Crippen LogP) is 4.19. The molecule has 4 rings (SSSR count). The van der Waals surface area contributed by atoms with Crippen molar-refractivity contribution in [2.75, 3.05) is 25.0 Å². The Kier molecular flexibility index (Phi) is 5.48. The highest BCUT2D eigenvalue weighted by Gasteiger charge is 2.28. The number of rotatable bonds is 3. The molecule has 1 aromatic heterocycles. The van der Waals surface area contributed by atoms with Crippen LogP contribution in [0.5, 0.6) is 5.75 Å². The van der Waals surface area contributed by atoms with Gasteiger partial charge in [-0.3, -0.25) is 9.78 Å². The van der Waals surface area contributed by atoms with Crippen molar-refractivity contribution in [3.8, 4) is 5.75 Å². The summed E-state index contributed by atoms with van der Waals surface area (Å²) in [6, 6.07) is 8.58. The van der Waals surface area contributed by atoms with E-state index in [4.69, 9.17) is 16.3 Å². The van der Waals surface area contributed by atoms with Gasteiger partial charge in [0.25, 0.3) is 0 Å². The van der Waals surface area contributed by atoms with E-state index < -0.39 is 0 Å². The number of carbonyl (C=O) groups is 2. The predicted molar refractivity (Wildman–Crippen MR) is 107 cm³/mol. The lowest BCUT2D eigenvalue weighted by atomic mass is 9.89. The van der Waals surface area contributed by atoms with Gasteiger partial charge in [-0.2, -0.15) is 0 Å². The molecule has 1 aromatic carbocycles. The molecule has 2 aliphatic rings. The van der Waals surface area contributed by atoms with E-state index in [-0.39, 0.29) is 17.7 Å². The van der Waals surface area contributed by atoms with Crippen LogP contribution in [0.3, 0.4) is 0 Å². The van der Waals surface area contributed by atoms with Crippen LogP contribution in [-0.2, 0) is 6.42 Å². The van der Waals surface area contributed by atoms with Gasteiger partial charge in [0.2, 0.25) is 0 Å². The van der Waals surface area contributed by atoms with Crippen LogP contribution in [0.2, 0.25) is 5.02 Å². The van der Waals surface area contributed by atoms with Gasteiger partial charge in [0, 0.05) is 35.8 Å². The highest BCUT2D eigenvalue weighted by molar-refractivity contribution is 6.30.